The van der Waals surface area contributed by atoms with Crippen LogP contribution in [0.4, 0.5) is 11.6 Å². The Hall–Kier alpha value is -6.67. The average Bonchev–Trinajstić information content (AvgIpc) is 3.00. The normalized spacial score (nSPS) is 12.6. The molecule has 21 heteroatoms. The highest BCUT2D eigenvalue weighted by molar-refractivity contribution is 5.97. The zero-order valence-electron chi connectivity index (χ0n) is 24.6. The van der Waals surface area contributed by atoms with Gasteiger partial charge < -0.3 is 47.4 Å². The summed E-state index contributed by atoms with van der Waals surface area (Å²) in [5.41, 5.74) is 5.99. The highest BCUT2D eigenvalue weighted by Crippen LogP contribution is 2.12. The van der Waals surface area contributed by atoms with E-state index in [4.69, 9.17) is 21.1 Å². The molecule has 3 atom stereocenters. The number of H-pyrrole nitrogens is 1. The van der Waals surface area contributed by atoms with E-state index >= 15 is 0 Å². The number of carbonyl (C=O) groups is 7. The zero-order chi connectivity index (χ0) is 35.5. The number of carbonyl (C=O) groups excluding carboxylic acids is 3. The molecule has 3 aromatic rings. The summed E-state index contributed by atoms with van der Waals surface area (Å²) in [6, 6.07) is 0.487. The van der Waals surface area contributed by atoms with Gasteiger partial charge in [-0.3, -0.25) is 33.8 Å². The molecule has 0 aliphatic rings. The molecular formula is C27H29N9O12. The fourth-order valence-corrected chi connectivity index (χ4v) is 4.06. The van der Waals surface area contributed by atoms with E-state index in [9.17, 15) is 43.5 Å². The fourth-order valence-electron chi connectivity index (χ4n) is 4.06. The fraction of sp³-hybridized carbons (Fsp3) is 0.296. The summed E-state index contributed by atoms with van der Waals surface area (Å²) >= 11 is 0. The molecule has 21 nitrogen and oxygen atoms in total. The van der Waals surface area contributed by atoms with Crippen LogP contribution in [-0.2, 0) is 35.3 Å². The minimum absolute atomic E-state index is 0.00609. The van der Waals surface area contributed by atoms with Crippen molar-refractivity contribution in [2.24, 2.45) is 0 Å². The van der Waals surface area contributed by atoms with Gasteiger partial charge in [-0.05, 0) is 30.7 Å². The first-order chi connectivity index (χ1) is 22.6. The third kappa shape index (κ3) is 10.5. The van der Waals surface area contributed by atoms with Crippen LogP contribution >= 0.6 is 0 Å². The molecule has 0 aliphatic heterocycles. The molecule has 0 unspecified atom stereocenters. The van der Waals surface area contributed by atoms with Crippen LogP contribution in [0, 0.1) is 0 Å². The van der Waals surface area contributed by atoms with Gasteiger partial charge in [0.1, 0.15) is 18.1 Å². The van der Waals surface area contributed by atoms with Crippen molar-refractivity contribution in [2.45, 2.75) is 50.4 Å². The summed E-state index contributed by atoms with van der Waals surface area (Å²) in [6.45, 7) is 0.138. The molecule has 0 aliphatic carbocycles. The minimum atomic E-state index is -1.91. The van der Waals surface area contributed by atoms with Crippen LogP contribution in [-0.4, -0.2) is 100 Å². The summed E-state index contributed by atoms with van der Waals surface area (Å²) in [7, 11) is 0. The van der Waals surface area contributed by atoms with E-state index in [0.717, 1.165) is 0 Å². The highest BCUT2D eigenvalue weighted by Gasteiger charge is 2.30. The van der Waals surface area contributed by atoms with Gasteiger partial charge >= 0.3 is 23.9 Å². The number of aliphatic carboxylic acids is 4. The average molecular weight is 672 g/mol. The monoisotopic (exact) mass is 671 g/mol. The molecule has 3 rings (SSSR count). The number of amides is 3. The molecule has 11 N–H and O–H groups in total. The first kappa shape index (κ1) is 35.8. The Kier molecular flexibility index (Phi) is 12.0. The molecule has 0 fully saturated rings. The number of anilines is 2. The van der Waals surface area contributed by atoms with Crippen LogP contribution in [0.3, 0.4) is 0 Å². The quantitative estimate of drug-likeness (QED) is 0.0732. The number of aromatic amines is 1. The lowest BCUT2D eigenvalue weighted by atomic mass is 10.1. The standard InChI is InChI=1S/C27H29N9O12/c28-27-35-21-20(24(44)36-27)31-13(10-30-21)9-29-12-3-1-11(2-4-12)22(42)33-14(25(45)46)5-6-17(37)32-15(7-18(38)39)23(43)34-16(26(47)48)8-19(40)41/h1-4,10,14-16,29H,5-9H2,(H,32,37)(H,33,42)(H,34,43)(H,38,39)(H,40,41)(H,45,46)(H,47,48)(H3,28,30,35,36,44)/t14-,15+,16+/m0/s1. The number of carboxylic acids is 4. The highest BCUT2D eigenvalue weighted by atomic mass is 16.4. The lowest BCUT2D eigenvalue weighted by Gasteiger charge is -2.20. The number of nitrogen functional groups attached to an aromatic ring is 1. The van der Waals surface area contributed by atoms with Crippen molar-refractivity contribution in [3.05, 3.63) is 52.1 Å². The first-order valence-electron chi connectivity index (χ1n) is 13.8. The minimum Gasteiger partial charge on any atom is -0.481 e. The van der Waals surface area contributed by atoms with Crippen LogP contribution in [0.5, 0.6) is 0 Å². The van der Waals surface area contributed by atoms with Gasteiger partial charge in [0.15, 0.2) is 11.2 Å². The van der Waals surface area contributed by atoms with E-state index in [0.29, 0.717) is 11.4 Å². The number of carboxylic acid groups (broad SMARTS) is 4. The maximum Gasteiger partial charge on any atom is 0.326 e. The first-order valence-corrected chi connectivity index (χ1v) is 13.8. The Balaban J connectivity index is 1.56. The Labute approximate surface area is 268 Å². The van der Waals surface area contributed by atoms with Gasteiger partial charge in [0, 0.05) is 17.7 Å². The number of hydrogen-bond donors (Lipinski definition) is 10. The number of rotatable bonds is 17. The molecular weight excluding hydrogens is 642 g/mol. The zero-order valence-corrected chi connectivity index (χ0v) is 24.6. The van der Waals surface area contributed by atoms with E-state index in [2.05, 4.69) is 35.9 Å². The maximum absolute atomic E-state index is 12.7. The largest absolute Gasteiger partial charge is 0.481 e. The molecule has 0 saturated heterocycles. The maximum atomic E-state index is 12.7. The number of hydrogen-bond acceptors (Lipinski definition) is 13. The molecule has 3 amide bonds. The molecule has 2 heterocycles. The third-order valence-corrected chi connectivity index (χ3v) is 6.39. The Bertz CT molecular complexity index is 1790. The number of nitrogens with zero attached hydrogens (tertiary/aromatic N) is 3. The van der Waals surface area contributed by atoms with Crippen molar-refractivity contribution in [1.29, 1.82) is 0 Å². The molecule has 2 aromatic heterocycles. The summed E-state index contributed by atoms with van der Waals surface area (Å²) in [5.74, 6) is -9.52. The molecule has 0 bridgehead atoms. The summed E-state index contributed by atoms with van der Waals surface area (Å²) in [5, 5.41) is 45.7. The van der Waals surface area contributed by atoms with E-state index in [1.165, 1.54) is 30.5 Å². The van der Waals surface area contributed by atoms with E-state index in [1.54, 1.807) is 0 Å². The predicted octanol–water partition coefficient (Wildman–Crippen LogP) is -2.13. The van der Waals surface area contributed by atoms with Crippen molar-refractivity contribution >= 4 is 64.4 Å². The van der Waals surface area contributed by atoms with Gasteiger partial charge in [0.2, 0.25) is 17.8 Å². The van der Waals surface area contributed by atoms with Crippen LogP contribution < -0.4 is 32.6 Å². The predicted molar refractivity (Wildman–Crippen MR) is 160 cm³/mol. The Morgan fingerprint density at radius 1 is 0.812 bits per heavy atom. The molecule has 254 valence electrons. The van der Waals surface area contributed by atoms with Gasteiger partial charge in [-0.25, -0.2) is 19.6 Å². The number of fused-ring (bicyclic) bond motifs is 1. The lowest BCUT2D eigenvalue weighted by Crippen LogP contribution is -2.53. The van der Waals surface area contributed by atoms with Crippen LogP contribution in [0.25, 0.3) is 11.2 Å². The van der Waals surface area contributed by atoms with Crippen molar-refractivity contribution in [3.63, 3.8) is 0 Å². The molecule has 1 aromatic carbocycles. The molecule has 48 heavy (non-hydrogen) atoms. The Morgan fingerprint density at radius 2 is 1.44 bits per heavy atom. The molecule has 0 spiro atoms. The second-order valence-corrected chi connectivity index (χ2v) is 10.0. The van der Waals surface area contributed by atoms with Crippen molar-refractivity contribution in [1.82, 2.24) is 35.9 Å². The summed E-state index contributed by atoms with van der Waals surface area (Å²) in [6.07, 6.45) is -1.71. The van der Waals surface area contributed by atoms with E-state index < -0.39 is 91.0 Å². The van der Waals surface area contributed by atoms with Gasteiger partial charge in [-0.15, -0.1) is 0 Å². The van der Waals surface area contributed by atoms with Crippen LogP contribution in [0.15, 0.2) is 35.3 Å². The van der Waals surface area contributed by atoms with Gasteiger partial charge in [-0.2, -0.15) is 4.98 Å². The second kappa shape index (κ2) is 16.1. The van der Waals surface area contributed by atoms with Gasteiger partial charge in [-0.1, -0.05) is 0 Å². The summed E-state index contributed by atoms with van der Waals surface area (Å²) < 4.78 is 0. The lowest BCUT2D eigenvalue weighted by molar-refractivity contribution is -0.148. The topological polar surface area (TPSA) is 346 Å². The SMILES string of the molecule is Nc1nc2ncc(CNc3ccc(C(=O)N[C@@H](CCC(=O)N[C@H](CC(=O)O)C(=O)N[C@H](CC(=O)O)C(=O)O)C(=O)O)cc3)nc2c(=O)[nH]1. The van der Waals surface area contributed by atoms with Gasteiger partial charge in [0.05, 0.1) is 31.3 Å². The molecule has 0 radical (unpaired) electrons. The smallest absolute Gasteiger partial charge is 0.326 e. The Morgan fingerprint density at radius 3 is 2.04 bits per heavy atom. The second-order valence-electron chi connectivity index (χ2n) is 10.0. The number of benzene rings is 1. The third-order valence-electron chi connectivity index (χ3n) is 6.39. The molecule has 0 saturated carbocycles. The van der Waals surface area contributed by atoms with Crippen LogP contribution in [0.2, 0.25) is 0 Å². The van der Waals surface area contributed by atoms with Crippen LogP contribution in [0.1, 0.15) is 41.7 Å². The van der Waals surface area contributed by atoms with Gasteiger partial charge in [0.25, 0.3) is 11.5 Å². The van der Waals surface area contributed by atoms with Crippen molar-refractivity contribution in [2.75, 3.05) is 11.1 Å². The number of nitrogens with two attached hydrogens (primary N) is 1. The summed E-state index contributed by atoms with van der Waals surface area (Å²) in [4.78, 5) is 109. The number of aromatic nitrogens is 4. The van der Waals surface area contributed by atoms with E-state index in [1.807, 2.05) is 5.32 Å². The van der Waals surface area contributed by atoms with E-state index in [-0.39, 0.29) is 29.2 Å². The number of nitrogens with one attached hydrogen (secondary N) is 5. The van der Waals surface area contributed by atoms with Crippen molar-refractivity contribution < 1.29 is 54.0 Å². The van der Waals surface area contributed by atoms with Crippen molar-refractivity contribution in [3.8, 4) is 0 Å².